The minimum atomic E-state index is 0.277. The summed E-state index contributed by atoms with van der Waals surface area (Å²) in [7, 11) is 0. The van der Waals surface area contributed by atoms with Gasteiger partial charge in [0.05, 0.1) is 0 Å². The quantitative estimate of drug-likeness (QED) is 0.819. The molecule has 1 nitrogen and oxygen atoms in total. The average molecular weight is 213 g/mol. The Morgan fingerprint density at radius 1 is 1.12 bits per heavy atom. The molecule has 0 fully saturated rings. The zero-order chi connectivity index (χ0) is 11.4. The first-order valence-electron chi connectivity index (χ1n) is 5.84. The standard InChI is InChI=1S/C15H19N/c1-15(9-3-2-4-10-15)11-13-5-7-14(12-16)8-6-13/h2-9H,10-12,16H2,1H3. The van der Waals surface area contributed by atoms with E-state index in [1.165, 1.54) is 11.1 Å². The van der Waals surface area contributed by atoms with E-state index in [9.17, 15) is 0 Å². The van der Waals surface area contributed by atoms with Gasteiger partial charge in [-0.05, 0) is 29.4 Å². The fourth-order valence-electron chi connectivity index (χ4n) is 2.16. The zero-order valence-corrected chi connectivity index (χ0v) is 9.82. The lowest BCUT2D eigenvalue weighted by atomic mass is 9.78. The minimum absolute atomic E-state index is 0.277. The van der Waals surface area contributed by atoms with Crippen LogP contribution >= 0.6 is 0 Å². The monoisotopic (exact) mass is 213 g/mol. The van der Waals surface area contributed by atoms with E-state index < -0.39 is 0 Å². The summed E-state index contributed by atoms with van der Waals surface area (Å²) >= 11 is 0. The van der Waals surface area contributed by atoms with E-state index in [1.54, 1.807) is 0 Å². The van der Waals surface area contributed by atoms with Gasteiger partial charge in [0.2, 0.25) is 0 Å². The van der Waals surface area contributed by atoms with Crippen molar-refractivity contribution >= 4 is 0 Å². The van der Waals surface area contributed by atoms with E-state index in [4.69, 9.17) is 5.73 Å². The molecule has 1 heteroatoms. The van der Waals surface area contributed by atoms with Gasteiger partial charge in [-0.25, -0.2) is 0 Å². The van der Waals surface area contributed by atoms with Crippen molar-refractivity contribution in [2.24, 2.45) is 11.1 Å². The molecule has 0 spiro atoms. The molecule has 1 aromatic rings. The lowest BCUT2D eigenvalue weighted by molar-refractivity contribution is 0.427. The molecule has 0 heterocycles. The predicted octanol–water partition coefficient (Wildman–Crippen LogP) is 3.21. The SMILES string of the molecule is CC1(Cc2ccc(CN)cc2)C=CC=CC1. The van der Waals surface area contributed by atoms with Crippen molar-refractivity contribution in [3.63, 3.8) is 0 Å². The Labute approximate surface area is 97.7 Å². The van der Waals surface area contributed by atoms with Gasteiger partial charge in [0, 0.05) is 6.54 Å². The molecule has 0 saturated heterocycles. The molecule has 2 N–H and O–H groups in total. The van der Waals surface area contributed by atoms with E-state index in [1.807, 2.05) is 0 Å². The number of hydrogen-bond donors (Lipinski definition) is 1. The molecule has 0 bridgehead atoms. The van der Waals surface area contributed by atoms with Gasteiger partial charge in [-0.2, -0.15) is 0 Å². The first-order valence-corrected chi connectivity index (χ1v) is 5.84. The Kier molecular flexibility index (Phi) is 3.25. The summed E-state index contributed by atoms with van der Waals surface area (Å²) in [6.07, 6.45) is 11.1. The van der Waals surface area contributed by atoms with Gasteiger partial charge in [-0.3, -0.25) is 0 Å². The van der Waals surface area contributed by atoms with Crippen molar-refractivity contribution in [3.8, 4) is 0 Å². The second-order valence-corrected chi connectivity index (χ2v) is 4.84. The summed E-state index contributed by atoms with van der Waals surface area (Å²) in [5.74, 6) is 0. The van der Waals surface area contributed by atoms with Crippen molar-refractivity contribution in [2.45, 2.75) is 26.3 Å². The molecule has 16 heavy (non-hydrogen) atoms. The van der Waals surface area contributed by atoms with Crippen LogP contribution in [0.15, 0.2) is 48.6 Å². The Balaban J connectivity index is 2.08. The number of allylic oxidation sites excluding steroid dienone is 4. The molecule has 0 amide bonds. The highest BCUT2D eigenvalue weighted by Gasteiger charge is 2.20. The van der Waals surface area contributed by atoms with Crippen molar-refractivity contribution in [1.82, 2.24) is 0 Å². The van der Waals surface area contributed by atoms with Crippen LogP contribution in [0.1, 0.15) is 24.5 Å². The van der Waals surface area contributed by atoms with E-state index in [0.717, 1.165) is 12.8 Å². The third-order valence-corrected chi connectivity index (χ3v) is 3.20. The molecule has 1 aliphatic rings. The van der Waals surface area contributed by atoms with E-state index in [2.05, 4.69) is 55.5 Å². The van der Waals surface area contributed by atoms with Crippen LogP contribution in [-0.2, 0) is 13.0 Å². The van der Waals surface area contributed by atoms with Crippen LogP contribution in [0.25, 0.3) is 0 Å². The normalized spacial score (nSPS) is 23.6. The second-order valence-electron chi connectivity index (χ2n) is 4.84. The molecule has 1 aromatic carbocycles. The summed E-state index contributed by atoms with van der Waals surface area (Å²) < 4.78 is 0. The topological polar surface area (TPSA) is 26.0 Å². The van der Waals surface area contributed by atoms with Crippen molar-refractivity contribution in [2.75, 3.05) is 0 Å². The number of hydrogen-bond acceptors (Lipinski definition) is 1. The van der Waals surface area contributed by atoms with Crippen LogP contribution in [0.2, 0.25) is 0 Å². The molecule has 1 atom stereocenters. The van der Waals surface area contributed by atoms with Crippen LogP contribution in [-0.4, -0.2) is 0 Å². The molecule has 1 unspecified atom stereocenters. The summed E-state index contributed by atoms with van der Waals surface area (Å²) in [4.78, 5) is 0. The Morgan fingerprint density at radius 2 is 1.81 bits per heavy atom. The molecular formula is C15H19N. The third kappa shape index (κ3) is 2.61. The molecule has 2 rings (SSSR count). The van der Waals surface area contributed by atoms with Crippen LogP contribution in [0, 0.1) is 5.41 Å². The summed E-state index contributed by atoms with van der Waals surface area (Å²) in [6.45, 7) is 2.93. The van der Waals surface area contributed by atoms with Gasteiger partial charge in [0.15, 0.2) is 0 Å². The maximum atomic E-state index is 5.59. The van der Waals surface area contributed by atoms with Gasteiger partial charge in [0.1, 0.15) is 0 Å². The second kappa shape index (κ2) is 4.67. The number of benzene rings is 1. The average Bonchev–Trinajstić information content (AvgIpc) is 2.30. The van der Waals surface area contributed by atoms with Gasteiger partial charge in [-0.15, -0.1) is 0 Å². The first-order chi connectivity index (χ1) is 7.72. The van der Waals surface area contributed by atoms with Crippen molar-refractivity contribution in [3.05, 3.63) is 59.7 Å². The highest BCUT2D eigenvalue weighted by molar-refractivity contribution is 5.26. The smallest absolute Gasteiger partial charge is 0.0178 e. The summed E-state index contributed by atoms with van der Waals surface area (Å²) in [5, 5.41) is 0. The van der Waals surface area contributed by atoms with Gasteiger partial charge < -0.3 is 5.73 Å². The fraction of sp³-hybridized carbons (Fsp3) is 0.333. The third-order valence-electron chi connectivity index (χ3n) is 3.20. The van der Waals surface area contributed by atoms with Crippen LogP contribution in [0.3, 0.4) is 0 Å². The van der Waals surface area contributed by atoms with Gasteiger partial charge in [-0.1, -0.05) is 55.5 Å². The summed E-state index contributed by atoms with van der Waals surface area (Å²) in [5.41, 5.74) is 8.46. The Hall–Kier alpha value is -1.34. The van der Waals surface area contributed by atoms with Gasteiger partial charge >= 0.3 is 0 Å². The van der Waals surface area contributed by atoms with Crippen molar-refractivity contribution in [1.29, 1.82) is 0 Å². The molecule has 0 saturated carbocycles. The fourth-order valence-corrected chi connectivity index (χ4v) is 2.16. The Bertz CT molecular complexity index is 400. The largest absolute Gasteiger partial charge is 0.326 e. The number of rotatable bonds is 3. The highest BCUT2D eigenvalue weighted by Crippen LogP contribution is 2.31. The highest BCUT2D eigenvalue weighted by atomic mass is 14.5. The molecule has 1 aliphatic carbocycles. The van der Waals surface area contributed by atoms with Crippen LogP contribution < -0.4 is 5.73 Å². The lowest BCUT2D eigenvalue weighted by Gasteiger charge is -2.26. The maximum absolute atomic E-state index is 5.59. The molecule has 0 aromatic heterocycles. The minimum Gasteiger partial charge on any atom is -0.326 e. The Morgan fingerprint density at radius 3 is 2.38 bits per heavy atom. The molecule has 84 valence electrons. The molecule has 0 radical (unpaired) electrons. The lowest BCUT2D eigenvalue weighted by Crippen LogP contribution is -2.17. The molecule has 0 aliphatic heterocycles. The van der Waals surface area contributed by atoms with E-state index in [-0.39, 0.29) is 5.41 Å². The van der Waals surface area contributed by atoms with E-state index >= 15 is 0 Å². The number of nitrogens with two attached hydrogens (primary N) is 1. The maximum Gasteiger partial charge on any atom is 0.0178 e. The van der Waals surface area contributed by atoms with Crippen LogP contribution in [0.4, 0.5) is 0 Å². The molecular weight excluding hydrogens is 194 g/mol. The predicted molar refractivity (Wildman–Crippen MR) is 69.0 cm³/mol. The summed E-state index contributed by atoms with van der Waals surface area (Å²) in [6, 6.07) is 8.64. The zero-order valence-electron chi connectivity index (χ0n) is 9.82. The van der Waals surface area contributed by atoms with Gasteiger partial charge in [0.25, 0.3) is 0 Å². The van der Waals surface area contributed by atoms with Crippen molar-refractivity contribution < 1.29 is 0 Å². The first kappa shape index (κ1) is 11.2. The van der Waals surface area contributed by atoms with E-state index in [0.29, 0.717) is 6.54 Å². The van der Waals surface area contributed by atoms with Crippen LogP contribution in [0.5, 0.6) is 0 Å².